The van der Waals surface area contributed by atoms with Gasteiger partial charge in [-0.1, -0.05) is 40.5 Å². The van der Waals surface area contributed by atoms with Crippen molar-refractivity contribution in [2.45, 2.75) is 20.4 Å². The molecule has 0 aliphatic carbocycles. The molecule has 4 heteroatoms. The van der Waals surface area contributed by atoms with E-state index in [9.17, 15) is 0 Å². The van der Waals surface area contributed by atoms with E-state index < -0.39 is 0 Å². The lowest BCUT2D eigenvalue weighted by Crippen LogP contribution is -2.12. The van der Waals surface area contributed by atoms with Crippen LogP contribution in [0.4, 0.5) is 0 Å². The molecular weight excluding hydrogens is 338 g/mol. The standard InChI is InChI=1S/C16H17BrClNO/c1-3-19-10-12-4-6-14(18)9-16(12)20-15-7-5-13(17)8-11(15)2/h4-9,19H,3,10H2,1-2H3. The molecule has 0 aliphatic heterocycles. The second-order valence-electron chi connectivity index (χ2n) is 4.54. The molecule has 1 N–H and O–H groups in total. The van der Waals surface area contributed by atoms with Crippen molar-refractivity contribution in [3.63, 3.8) is 0 Å². The Morgan fingerprint density at radius 2 is 1.95 bits per heavy atom. The van der Waals surface area contributed by atoms with Crippen molar-refractivity contribution in [1.29, 1.82) is 0 Å². The van der Waals surface area contributed by atoms with Crippen molar-refractivity contribution in [2.75, 3.05) is 6.54 Å². The highest BCUT2D eigenvalue weighted by molar-refractivity contribution is 9.10. The van der Waals surface area contributed by atoms with Gasteiger partial charge in [-0.05, 0) is 49.4 Å². The number of benzene rings is 2. The van der Waals surface area contributed by atoms with Crippen LogP contribution in [-0.4, -0.2) is 6.54 Å². The molecule has 0 aromatic heterocycles. The smallest absolute Gasteiger partial charge is 0.133 e. The van der Waals surface area contributed by atoms with E-state index in [-0.39, 0.29) is 0 Å². The number of rotatable bonds is 5. The summed E-state index contributed by atoms with van der Waals surface area (Å²) in [5, 5.41) is 3.98. The topological polar surface area (TPSA) is 21.3 Å². The fraction of sp³-hybridized carbons (Fsp3) is 0.250. The molecular formula is C16H17BrClNO. The first kappa shape index (κ1) is 15.4. The molecule has 0 unspecified atom stereocenters. The molecule has 2 nitrogen and oxygen atoms in total. The summed E-state index contributed by atoms with van der Waals surface area (Å²) in [5.41, 5.74) is 2.17. The number of halogens is 2. The Hall–Kier alpha value is -1.03. The number of aryl methyl sites for hydroxylation is 1. The van der Waals surface area contributed by atoms with Gasteiger partial charge in [0.1, 0.15) is 11.5 Å². The number of ether oxygens (including phenoxy) is 1. The van der Waals surface area contributed by atoms with Crippen LogP contribution in [0.2, 0.25) is 5.02 Å². The number of nitrogens with one attached hydrogen (secondary N) is 1. The molecule has 0 atom stereocenters. The average Bonchev–Trinajstić information content (AvgIpc) is 2.41. The maximum Gasteiger partial charge on any atom is 0.133 e. The molecule has 0 heterocycles. The van der Waals surface area contributed by atoms with Crippen LogP contribution in [0.5, 0.6) is 11.5 Å². The zero-order valence-electron chi connectivity index (χ0n) is 11.5. The van der Waals surface area contributed by atoms with Crippen molar-refractivity contribution in [3.05, 3.63) is 57.0 Å². The Morgan fingerprint density at radius 3 is 2.65 bits per heavy atom. The van der Waals surface area contributed by atoms with Gasteiger partial charge < -0.3 is 10.1 Å². The lowest BCUT2D eigenvalue weighted by molar-refractivity contribution is 0.469. The summed E-state index contributed by atoms with van der Waals surface area (Å²) in [6, 6.07) is 11.7. The summed E-state index contributed by atoms with van der Waals surface area (Å²) in [6.07, 6.45) is 0. The van der Waals surface area contributed by atoms with Crippen LogP contribution in [0.15, 0.2) is 40.9 Å². The minimum Gasteiger partial charge on any atom is -0.457 e. The van der Waals surface area contributed by atoms with Gasteiger partial charge in [0.15, 0.2) is 0 Å². The molecule has 2 aromatic carbocycles. The van der Waals surface area contributed by atoms with Crippen LogP contribution in [-0.2, 0) is 6.54 Å². The Morgan fingerprint density at radius 1 is 1.15 bits per heavy atom. The lowest BCUT2D eigenvalue weighted by Gasteiger charge is -2.14. The molecule has 0 bridgehead atoms. The van der Waals surface area contributed by atoms with E-state index in [0.717, 1.165) is 40.2 Å². The van der Waals surface area contributed by atoms with Crippen LogP contribution >= 0.6 is 27.5 Å². The highest BCUT2D eigenvalue weighted by Gasteiger charge is 2.08. The van der Waals surface area contributed by atoms with Crippen LogP contribution in [0.3, 0.4) is 0 Å². The van der Waals surface area contributed by atoms with E-state index in [4.69, 9.17) is 16.3 Å². The molecule has 0 saturated heterocycles. The van der Waals surface area contributed by atoms with Crippen LogP contribution < -0.4 is 10.1 Å². The summed E-state index contributed by atoms with van der Waals surface area (Å²) in [7, 11) is 0. The van der Waals surface area contributed by atoms with Crippen LogP contribution in [0, 0.1) is 6.92 Å². The molecule has 0 fully saturated rings. The van der Waals surface area contributed by atoms with Crippen LogP contribution in [0.1, 0.15) is 18.1 Å². The zero-order chi connectivity index (χ0) is 14.5. The van der Waals surface area contributed by atoms with Gasteiger partial charge in [-0.2, -0.15) is 0 Å². The van der Waals surface area contributed by atoms with Crippen molar-refractivity contribution < 1.29 is 4.74 Å². The summed E-state index contributed by atoms with van der Waals surface area (Å²) in [5.74, 6) is 1.64. The van der Waals surface area contributed by atoms with E-state index in [0.29, 0.717) is 5.02 Å². The third kappa shape index (κ3) is 3.98. The third-order valence-electron chi connectivity index (χ3n) is 2.95. The maximum absolute atomic E-state index is 6.07. The van der Waals surface area contributed by atoms with Gasteiger partial charge in [0.05, 0.1) is 0 Å². The first-order valence-corrected chi connectivity index (χ1v) is 7.70. The van der Waals surface area contributed by atoms with Gasteiger partial charge in [0, 0.05) is 21.6 Å². The summed E-state index contributed by atoms with van der Waals surface area (Å²) in [6.45, 7) is 5.78. The molecule has 0 aliphatic rings. The molecule has 106 valence electrons. The minimum absolute atomic E-state index is 0.676. The Kier molecular flexibility index (Phi) is 5.46. The normalized spacial score (nSPS) is 10.6. The fourth-order valence-electron chi connectivity index (χ4n) is 1.87. The minimum atomic E-state index is 0.676. The molecule has 0 radical (unpaired) electrons. The fourth-order valence-corrected chi connectivity index (χ4v) is 2.51. The highest BCUT2D eigenvalue weighted by atomic mass is 79.9. The molecule has 2 aromatic rings. The van der Waals surface area contributed by atoms with Crippen molar-refractivity contribution in [3.8, 4) is 11.5 Å². The van der Waals surface area contributed by atoms with Gasteiger partial charge in [0.25, 0.3) is 0 Å². The monoisotopic (exact) mass is 353 g/mol. The van der Waals surface area contributed by atoms with Gasteiger partial charge in [-0.25, -0.2) is 0 Å². The van der Waals surface area contributed by atoms with Gasteiger partial charge >= 0.3 is 0 Å². The molecule has 0 saturated carbocycles. The van der Waals surface area contributed by atoms with E-state index in [1.165, 1.54) is 0 Å². The van der Waals surface area contributed by atoms with Crippen molar-refractivity contribution in [1.82, 2.24) is 5.32 Å². The van der Waals surface area contributed by atoms with Gasteiger partial charge in [0.2, 0.25) is 0 Å². The van der Waals surface area contributed by atoms with E-state index >= 15 is 0 Å². The Balaban J connectivity index is 2.29. The molecule has 20 heavy (non-hydrogen) atoms. The Labute approximate surface area is 133 Å². The van der Waals surface area contributed by atoms with Gasteiger partial charge in [-0.15, -0.1) is 0 Å². The predicted molar refractivity (Wildman–Crippen MR) is 87.8 cm³/mol. The van der Waals surface area contributed by atoms with Gasteiger partial charge in [-0.3, -0.25) is 0 Å². The summed E-state index contributed by atoms with van der Waals surface area (Å²) < 4.78 is 7.07. The predicted octanol–water partition coefficient (Wildman–Crippen LogP) is 5.31. The molecule has 2 rings (SSSR count). The largest absolute Gasteiger partial charge is 0.457 e. The average molecular weight is 355 g/mol. The number of hydrogen-bond acceptors (Lipinski definition) is 2. The highest BCUT2D eigenvalue weighted by Crippen LogP contribution is 2.31. The SMILES string of the molecule is CCNCc1ccc(Cl)cc1Oc1ccc(Br)cc1C. The lowest BCUT2D eigenvalue weighted by atomic mass is 10.2. The first-order chi connectivity index (χ1) is 9.60. The number of hydrogen-bond donors (Lipinski definition) is 1. The summed E-state index contributed by atoms with van der Waals surface area (Å²) >= 11 is 9.53. The van der Waals surface area contributed by atoms with E-state index in [1.54, 1.807) is 0 Å². The quantitative estimate of drug-likeness (QED) is 0.785. The van der Waals surface area contributed by atoms with Crippen molar-refractivity contribution in [2.24, 2.45) is 0 Å². The third-order valence-corrected chi connectivity index (χ3v) is 3.68. The first-order valence-electron chi connectivity index (χ1n) is 6.53. The summed E-state index contributed by atoms with van der Waals surface area (Å²) in [4.78, 5) is 0. The van der Waals surface area contributed by atoms with Crippen LogP contribution in [0.25, 0.3) is 0 Å². The van der Waals surface area contributed by atoms with Crippen molar-refractivity contribution >= 4 is 27.5 Å². The van der Waals surface area contributed by atoms with E-state index in [1.807, 2.05) is 43.3 Å². The molecule has 0 amide bonds. The second kappa shape index (κ2) is 7.11. The molecule has 0 spiro atoms. The van der Waals surface area contributed by atoms with E-state index in [2.05, 4.69) is 28.2 Å². The second-order valence-corrected chi connectivity index (χ2v) is 5.90. The maximum atomic E-state index is 6.07. The zero-order valence-corrected chi connectivity index (χ0v) is 13.9. The Bertz CT molecular complexity index is 601.